The van der Waals surface area contributed by atoms with Gasteiger partial charge in [-0.05, 0) is 87.2 Å². The van der Waals surface area contributed by atoms with Crippen LogP contribution in [0.4, 0.5) is 0 Å². The predicted octanol–water partition coefficient (Wildman–Crippen LogP) is 4.91. The Hall–Kier alpha value is -4.04. The van der Waals surface area contributed by atoms with Crippen molar-refractivity contribution in [1.29, 1.82) is 0 Å². The Morgan fingerprint density at radius 3 is 1.52 bits per heavy atom. The third-order valence-corrected chi connectivity index (χ3v) is 9.29. The topological polar surface area (TPSA) is 111 Å². The van der Waals surface area contributed by atoms with E-state index in [1.165, 1.54) is 0 Å². The highest BCUT2D eigenvalue weighted by Crippen LogP contribution is 2.46. The third-order valence-electron chi connectivity index (χ3n) is 8.43. The summed E-state index contributed by atoms with van der Waals surface area (Å²) in [5.74, 6) is 3.41. The lowest BCUT2D eigenvalue weighted by Crippen LogP contribution is -2.42. The minimum absolute atomic E-state index is 0.118. The van der Waals surface area contributed by atoms with Crippen molar-refractivity contribution in [2.75, 3.05) is 55.0 Å². The summed E-state index contributed by atoms with van der Waals surface area (Å²) in [7, 11) is 7.15. The fourth-order valence-corrected chi connectivity index (χ4v) is 5.65. The van der Waals surface area contributed by atoms with Crippen LogP contribution >= 0.6 is 24.4 Å². The summed E-state index contributed by atoms with van der Waals surface area (Å²) in [4.78, 5) is 4.05. The van der Waals surface area contributed by atoms with Gasteiger partial charge in [-0.2, -0.15) is 10.2 Å². The first-order valence-corrected chi connectivity index (χ1v) is 17.0. The Morgan fingerprint density at radius 2 is 1.17 bits per heavy atom. The number of rotatable bonds is 15. The monoisotopic (exact) mass is 700 g/mol. The average molecular weight is 701 g/mol. The molecule has 2 N–H and O–H groups in total. The smallest absolute Gasteiger partial charge is 0.231 e. The predicted molar refractivity (Wildman–Crippen MR) is 197 cm³/mol. The minimum atomic E-state index is 0.118. The summed E-state index contributed by atoms with van der Waals surface area (Å²) in [5.41, 5.74) is 3.41. The zero-order valence-corrected chi connectivity index (χ0v) is 30.8. The first kappa shape index (κ1) is 36.8. The number of fused-ring (bicyclic) bond motifs is 2. The molecule has 0 saturated carbocycles. The van der Waals surface area contributed by atoms with Gasteiger partial charge in [0.1, 0.15) is 0 Å². The van der Waals surface area contributed by atoms with E-state index in [2.05, 4.69) is 48.5 Å². The van der Waals surface area contributed by atoms with E-state index in [-0.39, 0.29) is 13.6 Å². The van der Waals surface area contributed by atoms with Gasteiger partial charge in [0.25, 0.3) is 0 Å². The molecule has 4 rings (SSSR count). The molecule has 2 aromatic carbocycles. The van der Waals surface area contributed by atoms with Crippen LogP contribution in [0.25, 0.3) is 0 Å². The molecule has 0 radical (unpaired) electrons. The van der Waals surface area contributed by atoms with Gasteiger partial charge in [0.2, 0.25) is 25.1 Å². The minimum Gasteiger partial charge on any atom is -0.492 e. The highest BCUT2D eigenvalue weighted by molar-refractivity contribution is 7.80. The van der Waals surface area contributed by atoms with Gasteiger partial charge in [0.05, 0.1) is 26.6 Å². The van der Waals surface area contributed by atoms with Crippen molar-refractivity contribution in [3.05, 3.63) is 34.4 Å². The normalized spacial score (nSPS) is 14.2. The molecular weight excluding hydrogens is 653 g/mol. The molecule has 14 heteroatoms. The van der Waals surface area contributed by atoms with Crippen LogP contribution in [-0.4, -0.2) is 99.5 Å². The SMILES string of the molecule is CC[C@H](C)NC(=S)N(C)CCc1cc2c(c(OC)c1C=NN=Cc1c(CCN(C)C(=S)N[C@@H](C)CC)cc3c(c1OC)OCO3)OCO2. The maximum Gasteiger partial charge on any atom is 0.231 e. The van der Waals surface area contributed by atoms with Crippen LogP contribution < -0.4 is 39.1 Å². The van der Waals surface area contributed by atoms with Crippen molar-refractivity contribution in [2.45, 2.75) is 65.5 Å². The standard InChI is InChI=1S/C34H48N6O6S2/c1-9-21(3)37-33(47)39(5)13-11-23-15-27-31(45-19-43-27)29(41-7)25(23)17-35-36-18-26-24(12-14-40(6)34(48)38-22(4)10-2)16-28-32(30(26)42-8)46-20-44-28/h15-18,21-22H,9-14,19-20H2,1-8H3,(H,37,47)(H,38,48)/t21-,22-/m0/s1. The number of likely N-dealkylation sites (N-methyl/N-ethyl adjacent to an activating group) is 2. The lowest BCUT2D eigenvalue weighted by molar-refractivity contribution is 0.171. The van der Waals surface area contributed by atoms with E-state index in [0.717, 1.165) is 35.1 Å². The number of hydrogen-bond acceptors (Lipinski definition) is 10. The fourth-order valence-electron chi connectivity index (χ4n) is 5.06. The molecular formula is C34H48N6O6S2. The molecule has 2 heterocycles. The van der Waals surface area contributed by atoms with Crippen LogP contribution in [0.2, 0.25) is 0 Å². The van der Waals surface area contributed by atoms with E-state index in [0.29, 0.717) is 82.7 Å². The second-order valence-electron chi connectivity index (χ2n) is 11.8. The van der Waals surface area contributed by atoms with Crippen LogP contribution in [0.5, 0.6) is 34.5 Å². The lowest BCUT2D eigenvalue weighted by atomic mass is 10.0. The second kappa shape index (κ2) is 17.4. The van der Waals surface area contributed by atoms with Crippen LogP contribution in [-0.2, 0) is 12.8 Å². The van der Waals surface area contributed by atoms with E-state index >= 15 is 0 Å². The molecule has 0 fully saturated rings. The summed E-state index contributed by atoms with van der Waals surface area (Å²) in [6, 6.07) is 4.51. The Kier molecular flexibility index (Phi) is 13.3. The van der Waals surface area contributed by atoms with Gasteiger partial charge in [0.15, 0.2) is 33.2 Å². The number of nitrogens with one attached hydrogen (secondary N) is 2. The molecule has 0 aliphatic carbocycles. The molecule has 0 spiro atoms. The fraction of sp³-hybridized carbons (Fsp3) is 0.529. The zero-order chi connectivity index (χ0) is 34.8. The van der Waals surface area contributed by atoms with E-state index in [9.17, 15) is 0 Å². The second-order valence-corrected chi connectivity index (χ2v) is 12.6. The molecule has 0 aromatic heterocycles. The number of methoxy groups -OCH3 is 2. The molecule has 12 nitrogen and oxygen atoms in total. The van der Waals surface area contributed by atoms with Gasteiger partial charge < -0.3 is 48.9 Å². The molecule has 2 aliphatic heterocycles. The molecule has 0 bridgehead atoms. The zero-order valence-electron chi connectivity index (χ0n) is 29.2. The Labute approximate surface area is 294 Å². The van der Waals surface area contributed by atoms with Crippen LogP contribution in [0.3, 0.4) is 0 Å². The molecule has 0 unspecified atom stereocenters. The Balaban J connectivity index is 1.60. The first-order chi connectivity index (χ1) is 23.1. The quantitative estimate of drug-likeness (QED) is 0.150. The number of hydrogen-bond donors (Lipinski definition) is 2. The highest BCUT2D eigenvalue weighted by Gasteiger charge is 2.26. The van der Waals surface area contributed by atoms with E-state index in [1.807, 2.05) is 36.0 Å². The van der Waals surface area contributed by atoms with Gasteiger partial charge in [-0.1, -0.05) is 13.8 Å². The van der Waals surface area contributed by atoms with Crippen molar-refractivity contribution in [2.24, 2.45) is 10.2 Å². The van der Waals surface area contributed by atoms with Crippen molar-refractivity contribution >= 4 is 47.1 Å². The average Bonchev–Trinajstić information content (AvgIpc) is 3.76. The lowest BCUT2D eigenvalue weighted by Gasteiger charge is -2.24. The van der Waals surface area contributed by atoms with Crippen LogP contribution in [0.15, 0.2) is 22.3 Å². The summed E-state index contributed by atoms with van der Waals surface area (Å²) in [6.07, 6.45) is 6.61. The number of benzene rings is 2. The van der Waals surface area contributed by atoms with Gasteiger partial charge in [-0.15, -0.1) is 0 Å². The van der Waals surface area contributed by atoms with Gasteiger partial charge >= 0.3 is 0 Å². The number of ether oxygens (including phenoxy) is 6. The van der Waals surface area contributed by atoms with Crippen LogP contribution in [0, 0.1) is 0 Å². The molecule has 2 aliphatic rings. The molecule has 0 amide bonds. The summed E-state index contributed by atoms with van der Waals surface area (Å²) >= 11 is 11.2. The maximum atomic E-state index is 5.81. The van der Waals surface area contributed by atoms with Gasteiger partial charge in [-0.25, -0.2) is 0 Å². The van der Waals surface area contributed by atoms with Crippen molar-refractivity contribution in [3.8, 4) is 34.5 Å². The van der Waals surface area contributed by atoms with Gasteiger partial charge in [-0.3, -0.25) is 0 Å². The van der Waals surface area contributed by atoms with Crippen LogP contribution in [0.1, 0.15) is 62.8 Å². The number of nitrogens with zero attached hydrogens (tertiary/aromatic N) is 4. The first-order valence-electron chi connectivity index (χ1n) is 16.2. The Morgan fingerprint density at radius 1 is 0.771 bits per heavy atom. The van der Waals surface area contributed by atoms with Crippen molar-refractivity contribution in [3.63, 3.8) is 0 Å². The summed E-state index contributed by atoms with van der Waals surface area (Å²) < 4.78 is 34.5. The molecule has 262 valence electrons. The number of thiocarbonyl (C=S) groups is 2. The largest absolute Gasteiger partial charge is 0.492 e. The highest BCUT2D eigenvalue weighted by atomic mass is 32.1. The summed E-state index contributed by atoms with van der Waals surface area (Å²) in [5, 5.41) is 17.1. The van der Waals surface area contributed by atoms with E-state index in [1.54, 1.807) is 26.6 Å². The molecule has 2 atom stereocenters. The van der Waals surface area contributed by atoms with E-state index < -0.39 is 0 Å². The molecule has 48 heavy (non-hydrogen) atoms. The third kappa shape index (κ3) is 8.90. The molecule has 0 saturated heterocycles. The summed E-state index contributed by atoms with van der Waals surface area (Å²) in [6.45, 7) is 10.0. The maximum absolute atomic E-state index is 5.81. The van der Waals surface area contributed by atoms with E-state index in [4.69, 9.17) is 52.9 Å². The Bertz CT molecular complexity index is 1410. The van der Waals surface area contributed by atoms with Gasteiger partial charge in [0, 0.05) is 50.4 Å². The van der Waals surface area contributed by atoms with Crippen molar-refractivity contribution < 1.29 is 28.4 Å². The molecule has 2 aromatic rings. The van der Waals surface area contributed by atoms with Crippen molar-refractivity contribution in [1.82, 2.24) is 20.4 Å².